The molecule has 3 fully saturated rings. The van der Waals surface area contributed by atoms with Crippen molar-refractivity contribution in [1.82, 2.24) is 0 Å². The van der Waals surface area contributed by atoms with Crippen LogP contribution in [0.1, 0.15) is 52.0 Å². The van der Waals surface area contributed by atoms with Crippen LogP contribution in [-0.4, -0.2) is 33.2 Å². The standard InChI is InChI=1S/C24H30IN3O3/c1-15(2)13-24-14-19(27-28-26)23(3,31-24)17-10-11-18(25)21(17)22(24)30-20(29)12-9-16-7-5-4-6-8-16/h4-9,12,15,17-19,21-22H,10-11,13-14H2,1-3H3/b12-9+. The summed E-state index contributed by atoms with van der Waals surface area (Å²) in [6.07, 6.45) is 6.38. The van der Waals surface area contributed by atoms with E-state index in [1.54, 1.807) is 6.08 Å². The first-order valence-electron chi connectivity index (χ1n) is 11.1. The molecule has 1 aromatic rings. The van der Waals surface area contributed by atoms with Crippen LogP contribution in [0.2, 0.25) is 0 Å². The number of hydrogen-bond donors (Lipinski definition) is 0. The summed E-state index contributed by atoms with van der Waals surface area (Å²) in [5, 5.41) is 4.16. The number of ether oxygens (including phenoxy) is 2. The van der Waals surface area contributed by atoms with Gasteiger partial charge >= 0.3 is 5.97 Å². The van der Waals surface area contributed by atoms with E-state index < -0.39 is 11.2 Å². The quantitative estimate of drug-likeness (QED) is 0.0840. The van der Waals surface area contributed by atoms with Gasteiger partial charge in [0.2, 0.25) is 0 Å². The van der Waals surface area contributed by atoms with Crippen LogP contribution in [0.15, 0.2) is 41.5 Å². The van der Waals surface area contributed by atoms with Crippen molar-refractivity contribution in [3.63, 3.8) is 0 Å². The van der Waals surface area contributed by atoms with Gasteiger partial charge in [-0.3, -0.25) is 0 Å². The van der Waals surface area contributed by atoms with Gasteiger partial charge < -0.3 is 9.47 Å². The largest absolute Gasteiger partial charge is 0.456 e. The maximum atomic E-state index is 12.9. The predicted octanol–water partition coefficient (Wildman–Crippen LogP) is 6.10. The number of benzene rings is 1. The van der Waals surface area contributed by atoms with E-state index in [0.29, 0.717) is 16.3 Å². The molecule has 31 heavy (non-hydrogen) atoms. The van der Waals surface area contributed by atoms with Crippen LogP contribution in [0.25, 0.3) is 16.5 Å². The summed E-state index contributed by atoms with van der Waals surface area (Å²) in [7, 11) is 0. The van der Waals surface area contributed by atoms with Gasteiger partial charge in [0.05, 0.1) is 11.6 Å². The van der Waals surface area contributed by atoms with Gasteiger partial charge in [0.1, 0.15) is 11.7 Å². The average Bonchev–Trinajstić information content (AvgIpc) is 3.22. The predicted molar refractivity (Wildman–Crippen MR) is 129 cm³/mol. The molecule has 7 heteroatoms. The molecule has 2 heterocycles. The second-order valence-electron chi connectivity index (χ2n) is 9.75. The number of nitrogens with zero attached hydrogens (tertiary/aromatic N) is 3. The number of alkyl halides is 1. The summed E-state index contributed by atoms with van der Waals surface area (Å²) in [4.78, 5) is 16.1. The van der Waals surface area contributed by atoms with Gasteiger partial charge in [0, 0.05) is 20.8 Å². The molecule has 4 rings (SSSR count). The first-order chi connectivity index (χ1) is 14.8. The minimum absolute atomic E-state index is 0.200. The monoisotopic (exact) mass is 535 g/mol. The second kappa shape index (κ2) is 8.75. The van der Waals surface area contributed by atoms with E-state index in [1.165, 1.54) is 6.08 Å². The van der Waals surface area contributed by atoms with Gasteiger partial charge in [-0.05, 0) is 61.6 Å². The summed E-state index contributed by atoms with van der Waals surface area (Å²) in [5.41, 5.74) is 9.05. The normalized spacial score (nSPS) is 38.8. The minimum atomic E-state index is -0.618. The fourth-order valence-electron chi connectivity index (χ4n) is 6.20. The third-order valence-electron chi connectivity index (χ3n) is 7.26. The van der Waals surface area contributed by atoms with E-state index in [2.05, 4.69) is 53.4 Å². The highest BCUT2D eigenvalue weighted by Crippen LogP contribution is 2.62. The van der Waals surface area contributed by atoms with E-state index >= 15 is 0 Å². The molecule has 7 atom stereocenters. The Labute approximate surface area is 197 Å². The van der Waals surface area contributed by atoms with Gasteiger partial charge in [-0.1, -0.05) is 71.9 Å². The average molecular weight is 535 g/mol. The number of rotatable bonds is 6. The Balaban J connectivity index is 1.67. The van der Waals surface area contributed by atoms with Crippen molar-refractivity contribution in [2.24, 2.45) is 22.9 Å². The first-order valence-corrected chi connectivity index (χ1v) is 12.4. The zero-order valence-electron chi connectivity index (χ0n) is 18.3. The molecule has 166 valence electrons. The van der Waals surface area contributed by atoms with Crippen LogP contribution < -0.4 is 0 Å². The number of azide groups is 1. The summed E-state index contributed by atoms with van der Waals surface area (Å²) in [6, 6.07) is 9.49. The lowest BCUT2D eigenvalue weighted by Gasteiger charge is -2.52. The van der Waals surface area contributed by atoms with Crippen molar-refractivity contribution in [1.29, 1.82) is 0 Å². The molecular weight excluding hydrogens is 505 g/mol. The summed E-state index contributed by atoms with van der Waals surface area (Å²) < 4.78 is 13.4. The molecule has 2 bridgehead atoms. The fraction of sp³-hybridized carbons (Fsp3) is 0.625. The highest BCUT2D eigenvalue weighted by molar-refractivity contribution is 14.1. The van der Waals surface area contributed by atoms with Crippen molar-refractivity contribution in [2.45, 2.75) is 73.7 Å². The number of carbonyl (C=O) groups is 1. The first kappa shape index (κ1) is 22.6. The van der Waals surface area contributed by atoms with Crippen molar-refractivity contribution < 1.29 is 14.3 Å². The van der Waals surface area contributed by atoms with Crippen molar-refractivity contribution in [3.05, 3.63) is 52.4 Å². The molecule has 0 amide bonds. The molecule has 1 aliphatic carbocycles. The van der Waals surface area contributed by atoms with Crippen molar-refractivity contribution in [2.75, 3.05) is 0 Å². The number of carbonyl (C=O) groups excluding carboxylic acids is 1. The molecule has 1 aromatic carbocycles. The smallest absolute Gasteiger partial charge is 0.331 e. The Morgan fingerprint density at radius 2 is 2.13 bits per heavy atom. The number of fused-ring (bicyclic) bond motifs is 4. The number of esters is 1. The Kier molecular flexibility index (Phi) is 6.39. The van der Waals surface area contributed by atoms with Gasteiger partial charge in [0.15, 0.2) is 0 Å². The second-order valence-corrected chi connectivity index (χ2v) is 11.4. The van der Waals surface area contributed by atoms with E-state index in [0.717, 1.165) is 24.8 Å². The van der Waals surface area contributed by atoms with Gasteiger partial charge in [-0.2, -0.15) is 0 Å². The Hall–Kier alpha value is -1.57. The van der Waals surface area contributed by atoms with Crippen LogP contribution in [0, 0.1) is 17.8 Å². The third kappa shape index (κ3) is 4.12. The Bertz CT molecular complexity index is 901. The fourth-order valence-corrected chi connectivity index (χ4v) is 7.44. The van der Waals surface area contributed by atoms with Crippen LogP contribution >= 0.6 is 22.6 Å². The zero-order chi connectivity index (χ0) is 22.2. The molecule has 0 radical (unpaired) electrons. The molecule has 1 saturated carbocycles. The van der Waals surface area contributed by atoms with Gasteiger partial charge in [-0.25, -0.2) is 4.79 Å². The molecule has 2 saturated heterocycles. The molecule has 7 unspecified atom stereocenters. The summed E-state index contributed by atoms with van der Waals surface area (Å²) in [5.74, 6) is 0.432. The lowest BCUT2D eigenvalue weighted by molar-refractivity contribution is -0.244. The maximum Gasteiger partial charge on any atom is 0.331 e. The van der Waals surface area contributed by atoms with Crippen molar-refractivity contribution >= 4 is 34.6 Å². The maximum absolute atomic E-state index is 12.9. The molecule has 2 aliphatic heterocycles. The highest BCUT2D eigenvalue weighted by atomic mass is 127. The van der Waals surface area contributed by atoms with Gasteiger partial charge in [-0.15, -0.1) is 0 Å². The van der Waals surface area contributed by atoms with E-state index in [9.17, 15) is 10.3 Å². The molecule has 0 N–H and O–H groups in total. The highest BCUT2D eigenvalue weighted by Gasteiger charge is 2.70. The Morgan fingerprint density at radius 3 is 2.81 bits per heavy atom. The van der Waals surface area contributed by atoms with Crippen LogP contribution in [-0.2, 0) is 14.3 Å². The molecule has 3 aliphatic rings. The lowest BCUT2D eigenvalue weighted by Crippen LogP contribution is -2.61. The molecular formula is C24H30IN3O3. The van der Waals surface area contributed by atoms with Crippen LogP contribution in [0.3, 0.4) is 0 Å². The minimum Gasteiger partial charge on any atom is -0.456 e. The van der Waals surface area contributed by atoms with Crippen LogP contribution in [0.5, 0.6) is 0 Å². The van der Waals surface area contributed by atoms with E-state index in [-0.39, 0.29) is 30.0 Å². The van der Waals surface area contributed by atoms with Crippen molar-refractivity contribution in [3.8, 4) is 0 Å². The van der Waals surface area contributed by atoms with Gasteiger partial charge in [0.25, 0.3) is 0 Å². The molecule has 0 aromatic heterocycles. The molecule has 6 nitrogen and oxygen atoms in total. The SMILES string of the molecule is CC(C)CC12CC(N=[N+]=[N-])C(C)(O1)C1CCC(I)C1C2OC(=O)/C=C/c1ccccc1. The Morgan fingerprint density at radius 1 is 1.39 bits per heavy atom. The number of hydrogen-bond acceptors (Lipinski definition) is 4. The van der Waals surface area contributed by atoms with E-state index in [4.69, 9.17) is 9.47 Å². The molecule has 0 spiro atoms. The van der Waals surface area contributed by atoms with E-state index in [1.807, 2.05) is 30.3 Å². The summed E-state index contributed by atoms with van der Waals surface area (Å²) >= 11 is 2.51. The lowest BCUT2D eigenvalue weighted by atomic mass is 9.72. The third-order valence-corrected chi connectivity index (χ3v) is 8.72. The summed E-state index contributed by atoms with van der Waals surface area (Å²) in [6.45, 7) is 6.42. The topological polar surface area (TPSA) is 84.3 Å². The van der Waals surface area contributed by atoms with Crippen LogP contribution in [0.4, 0.5) is 0 Å². The zero-order valence-corrected chi connectivity index (χ0v) is 20.4. The number of halogens is 1.